The van der Waals surface area contributed by atoms with Crippen molar-refractivity contribution in [2.45, 2.75) is 19.9 Å². The van der Waals surface area contributed by atoms with E-state index in [0.717, 1.165) is 10.4 Å². The van der Waals surface area contributed by atoms with Crippen molar-refractivity contribution >= 4 is 34.5 Å². The predicted molar refractivity (Wildman–Crippen MR) is 86.4 cm³/mol. The maximum atomic E-state index is 6.27. The van der Waals surface area contributed by atoms with Crippen LogP contribution < -0.4 is 5.32 Å². The molecule has 0 aliphatic rings. The zero-order valence-corrected chi connectivity index (χ0v) is 13.5. The largest absolute Gasteiger partial charge is 0.312 e. The molecule has 1 aromatic heterocycles. The van der Waals surface area contributed by atoms with Gasteiger partial charge in [-0.05, 0) is 31.2 Å². The maximum Gasteiger partial charge on any atom is 0.0678 e. The van der Waals surface area contributed by atoms with Gasteiger partial charge < -0.3 is 5.32 Å². The fourth-order valence-corrected chi connectivity index (χ4v) is 3.94. The molecule has 1 aromatic carbocycles. The Morgan fingerprint density at radius 1 is 1.11 bits per heavy atom. The van der Waals surface area contributed by atoms with E-state index in [1.54, 1.807) is 11.3 Å². The minimum absolute atomic E-state index is 0.372. The van der Waals surface area contributed by atoms with E-state index in [1.165, 1.54) is 4.88 Å². The van der Waals surface area contributed by atoms with Crippen LogP contribution >= 0.6 is 34.5 Å². The van der Waals surface area contributed by atoms with Crippen LogP contribution in [-0.4, -0.2) is 7.05 Å². The molecular weight excluding hydrogens is 297 g/mol. The van der Waals surface area contributed by atoms with Gasteiger partial charge in [0.1, 0.15) is 0 Å². The average molecular weight is 314 g/mol. The fraction of sp³-hybridized carbons (Fsp3) is 0.333. The Hall–Kier alpha value is -0.540. The molecule has 19 heavy (non-hydrogen) atoms. The Morgan fingerprint density at radius 3 is 2.47 bits per heavy atom. The third kappa shape index (κ3) is 3.14. The van der Waals surface area contributed by atoms with Crippen LogP contribution in [0, 0.1) is 5.92 Å². The minimum atomic E-state index is 0.372. The van der Waals surface area contributed by atoms with Crippen LogP contribution in [0.1, 0.15) is 24.8 Å². The Balaban J connectivity index is 2.38. The molecule has 1 unspecified atom stereocenters. The van der Waals surface area contributed by atoms with Crippen LogP contribution in [0.2, 0.25) is 10.0 Å². The number of thiophene rings is 1. The van der Waals surface area contributed by atoms with E-state index in [4.69, 9.17) is 23.2 Å². The number of benzene rings is 1. The van der Waals surface area contributed by atoms with E-state index >= 15 is 0 Å². The summed E-state index contributed by atoms with van der Waals surface area (Å²) < 4.78 is 0. The second-order valence-corrected chi connectivity index (χ2v) is 6.71. The van der Waals surface area contributed by atoms with E-state index in [-0.39, 0.29) is 0 Å². The van der Waals surface area contributed by atoms with E-state index < -0.39 is 0 Å². The van der Waals surface area contributed by atoms with Gasteiger partial charge >= 0.3 is 0 Å². The number of hydrogen-bond donors (Lipinski definition) is 1. The highest BCUT2D eigenvalue weighted by atomic mass is 35.5. The molecule has 0 spiro atoms. The molecule has 1 heterocycles. The summed E-state index contributed by atoms with van der Waals surface area (Å²) in [5.41, 5.74) is 1.00. The lowest BCUT2D eigenvalue weighted by Crippen LogP contribution is -2.20. The summed E-state index contributed by atoms with van der Waals surface area (Å²) in [4.78, 5) is 2.48. The molecule has 0 saturated carbocycles. The standard InChI is InChI=1S/C15H17Cl2NS/c1-9(2)15(18-3)13-8-7-12(19-13)10-5-4-6-11(16)14(10)17/h4-9,15,18H,1-3H3. The van der Waals surface area contributed by atoms with Gasteiger partial charge in [0.25, 0.3) is 0 Å². The van der Waals surface area contributed by atoms with Gasteiger partial charge in [-0.3, -0.25) is 0 Å². The molecule has 0 saturated heterocycles. The van der Waals surface area contributed by atoms with Gasteiger partial charge in [0.15, 0.2) is 0 Å². The summed E-state index contributed by atoms with van der Waals surface area (Å²) in [6.45, 7) is 4.43. The SMILES string of the molecule is CNC(c1ccc(-c2cccc(Cl)c2Cl)s1)C(C)C. The predicted octanol–water partition coefficient (Wildman–Crippen LogP) is 5.64. The normalized spacial score (nSPS) is 12.9. The molecule has 1 atom stereocenters. The van der Waals surface area contributed by atoms with Crippen LogP contribution in [0.25, 0.3) is 10.4 Å². The lowest BCUT2D eigenvalue weighted by Gasteiger charge is -2.18. The molecule has 2 aromatic rings. The van der Waals surface area contributed by atoms with E-state index in [0.29, 0.717) is 22.0 Å². The van der Waals surface area contributed by atoms with Crippen LogP contribution in [0.3, 0.4) is 0 Å². The molecule has 0 bridgehead atoms. The van der Waals surface area contributed by atoms with Crippen molar-refractivity contribution in [2.24, 2.45) is 5.92 Å². The Kier molecular flexibility index (Phi) is 4.91. The number of hydrogen-bond acceptors (Lipinski definition) is 2. The van der Waals surface area contributed by atoms with Gasteiger partial charge in [0.2, 0.25) is 0 Å². The van der Waals surface area contributed by atoms with Crippen molar-refractivity contribution in [3.8, 4) is 10.4 Å². The van der Waals surface area contributed by atoms with Crippen molar-refractivity contribution < 1.29 is 0 Å². The zero-order valence-electron chi connectivity index (χ0n) is 11.2. The molecule has 0 fully saturated rings. The van der Waals surface area contributed by atoms with Crippen molar-refractivity contribution in [3.63, 3.8) is 0 Å². The van der Waals surface area contributed by atoms with Gasteiger partial charge in [0.05, 0.1) is 10.0 Å². The highest BCUT2D eigenvalue weighted by Crippen LogP contribution is 2.39. The van der Waals surface area contributed by atoms with Crippen molar-refractivity contribution in [1.29, 1.82) is 0 Å². The monoisotopic (exact) mass is 313 g/mol. The Morgan fingerprint density at radius 2 is 1.84 bits per heavy atom. The molecule has 0 aliphatic heterocycles. The van der Waals surface area contributed by atoms with Crippen molar-refractivity contribution in [3.05, 3.63) is 45.3 Å². The molecule has 1 N–H and O–H groups in total. The molecule has 2 rings (SSSR count). The molecule has 0 amide bonds. The minimum Gasteiger partial charge on any atom is -0.312 e. The summed E-state index contributed by atoms with van der Waals surface area (Å²) in [6, 6.07) is 10.4. The molecule has 0 radical (unpaired) electrons. The maximum absolute atomic E-state index is 6.27. The summed E-state index contributed by atoms with van der Waals surface area (Å²) in [5.74, 6) is 0.548. The lowest BCUT2D eigenvalue weighted by atomic mass is 10.0. The molecule has 102 valence electrons. The van der Waals surface area contributed by atoms with Gasteiger partial charge in [-0.15, -0.1) is 11.3 Å². The topological polar surface area (TPSA) is 12.0 Å². The number of nitrogens with one attached hydrogen (secondary N) is 1. The lowest BCUT2D eigenvalue weighted by molar-refractivity contribution is 0.449. The Labute approximate surface area is 128 Å². The van der Waals surface area contributed by atoms with Gasteiger partial charge in [-0.25, -0.2) is 0 Å². The van der Waals surface area contributed by atoms with E-state index in [9.17, 15) is 0 Å². The first-order valence-corrected chi connectivity index (χ1v) is 7.83. The zero-order chi connectivity index (χ0) is 14.0. The van der Waals surface area contributed by atoms with E-state index in [2.05, 4.69) is 31.3 Å². The highest BCUT2D eigenvalue weighted by Gasteiger charge is 2.17. The summed E-state index contributed by atoms with van der Waals surface area (Å²) in [6.07, 6.45) is 0. The van der Waals surface area contributed by atoms with Gasteiger partial charge in [-0.1, -0.05) is 49.2 Å². The van der Waals surface area contributed by atoms with Crippen molar-refractivity contribution in [1.82, 2.24) is 5.32 Å². The van der Waals surface area contributed by atoms with Crippen molar-refractivity contribution in [2.75, 3.05) is 7.05 Å². The average Bonchev–Trinajstić information content (AvgIpc) is 2.82. The van der Waals surface area contributed by atoms with Gasteiger partial charge in [0, 0.05) is 21.4 Å². The highest BCUT2D eigenvalue weighted by molar-refractivity contribution is 7.15. The third-order valence-corrected chi connectivity index (χ3v) is 5.15. The molecule has 4 heteroatoms. The van der Waals surface area contributed by atoms with Crippen LogP contribution in [0.15, 0.2) is 30.3 Å². The Bertz CT molecular complexity index is 563. The fourth-order valence-electron chi connectivity index (χ4n) is 2.16. The second kappa shape index (κ2) is 6.27. The number of rotatable bonds is 4. The van der Waals surface area contributed by atoms with Gasteiger partial charge in [-0.2, -0.15) is 0 Å². The first-order valence-electron chi connectivity index (χ1n) is 6.26. The van der Waals surface area contributed by atoms with Crippen LogP contribution in [0.4, 0.5) is 0 Å². The third-order valence-electron chi connectivity index (χ3n) is 3.13. The summed E-state index contributed by atoms with van der Waals surface area (Å²) >= 11 is 14.1. The second-order valence-electron chi connectivity index (χ2n) is 4.81. The first kappa shape index (κ1) is 14.9. The first-order chi connectivity index (χ1) is 9.04. The smallest absolute Gasteiger partial charge is 0.0678 e. The van der Waals surface area contributed by atoms with E-state index in [1.807, 2.05) is 25.2 Å². The quantitative estimate of drug-likeness (QED) is 0.770. The van der Waals surface area contributed by atoms with Crippen LogP contribution in [0.5, 0.6) is 0 Å². The summed E-state index contributed by atoms with van der Waals surface area (Å²) in [7, 11) is 2.00. The van der Waals surface area contributed by atoms with Crippen LogP contribution in [-0.2, 0) is 0 Å². The molecule has 0 aliphatic carbocycles. The summed E-state index contributed by atoms with van der Waals surface area (Å²) in [5, 5.41) is 4.59. The molecule has 1 nitrogen and oxygen atoms in total. The number of halogens is 2. The molecular formula is C15H17Cl2NS.